The third-order valence-corrected chi connectivity index (χ3v) is 1.56. The number of allylic oxidation sites excluding steroid dienone is 1. The Hall–Kier alpha value is -2.23. The fourth-order valence-corrected chi connectivity index (χ4v) is 0.976. The monoisotopic (exact) mass is 202 g/mol. The van der Waals surface area contributed by atoms with Crippen LogP contribution < -0.4 is 5.32 Å². The third kappa shape index (κ3) is 3.99. The summed E-state index contributed by atoms with van der Waals surface area (Å²) >= 11 is 0. The molecule has 4 nitrogen and oxygen atoms in total. The van der Waals surface area contributed by atoms with Crippen LogP contribution in [0.4, 0.5) is 11.4 Å². The van der Waals surface area contributed by atoms with E-state index in [9.17, 15) is 9.59 Å². The first-order valence-electron chi connectivity index (χ1n) is 4.31. The molecule has 0 aromatic heterocycles. The lowest BCUT2D eigenvalue weighted by atomic mass is 10.3. The molecule has 0 fully saturated rings. The van der Waals surface area contributed by atoms with Crippen LogP contribution in [0.1, 0.15) is 0 Å². The lowest BCUT2D eigenvalue weighted by Crippen LogP contribution is -1.86. The van der Waals surface area contributed by atoms with Gasteiger partial charge in [-0.2, -0.15) is 0 Å². The molecular formula is C11H10N2O2. The smallest absolute Gasteiger partial charge is 0.161 e. The average molecular weight is 202 g/mol. The highest BCUT2D eigenvalue weighted by atomic mass is 16.1. The highest BCUT2D eigenvalue weighted by Gasteiger charge is 1.90. The molecule has 0 atom stereocenters. The molecule has 0 saturated carbocycles. The topological polar surface area (TPSA) is 58.5 Å². The van der Waals surface area contributed by atoms with Crippen LogP contribution in [0, 0.1) is 0 Å². The maximum absolute atomic E-state index is 10.1. The van der Waals surface area contributed by atoms with E-state index in [-0.39, 0.29) is 0 Å². The molecule has 0 amide bonds. The van der Waals surface area contributed by atoms with Gasteiger partial charge in [-0.15, -0.1) is 0 Å². The lowest BCUT2D eigenvalue weighted by Gasteiger charge is -2.00. The zero-order chi connectivity index (χ0) is 10.9. The van der Waals surface area contributed by atoms with E-state index in [1.165, 1.54) is 18.5 Å². The summed E-state index contributed by atoms with van der Waals surface area (Å²) in [5, 5.41) is 2.89. The van der Waals surface area contributed by atoms with Gasteiger partial charge in [-0.05, 0) is 24.3 Å². The molecule has 0 bridgehead atoms. The molecule has 0 saturated heterocycles. The first-order chi connectivity index (χ1) is 7.36. The van der Waals surface area contributed by atoms with E-state index in [4.69, 9.17) is 0 Å². The van der Waals surface area contributed by atoms with Gasteiger partial charge in [0.1, 0.15) is 6.29 Å². The number of hydrogen-bond acceptors (Lipinski definition) is 4. The molecule has 1 aromatic carbocycles. The van der Waals surface area contributed by atoms with Crippen LogP contribution in [0.5, 0.6) is 0 Å². The summed E-state index contributed by atoms with van der Waals surface area (Å²) in [6.45, 7) is 0. The minimum atomic E-state index is 0.617. The van der Waals surface area contributed by atoms with E-state index in [1.54, 1.807) is 18.2 Å². The van der Waals surface area contributed by atoms with Crippen LogP contribution in [0.2, 0.25) is 0 Å². The fraction of sp³-hybridized carbons (Fsp3) is 0. The quantitative estimate of drug-likeness (QED) is 0.449. The van der Waals surface area contributed by atoms with Gasteiger partial charge in [-0.3, -0.25) is 14.6 Å². The largest absolute Gasteiger partial charge is 0.362 e. The Morgan fingerprint density at radius 3 is 2.80 bits per heavy atom. The van der Waals surface area contributed by atoms with E-state index in [2.05, 4.69) is 10.3 Å². The molecule has 0 aliphatic rings. The van der Waals surface area contributed by atoms with Crippen molar-refractivity contribution in [3.05, 3.63) is 36.5 Å². The molecule has 4 heteroatoms. The number of rotatable bonds is 5. The first-order valence-corrected chi connectivity index (χ1v) is 4.31. The molecule has 0 radical (unpaired) electrons. The predicted molar refractivity (Wildman–Crippen MR) is 59.5 cm³/mol. The fourth-order valence-electron chi connectivity index (χ4n) is 0.976. The normalized spacial score (nSPS) is 10.7. The second kappa shape index (κ2) is 6.26. The molecule has 0 unspecified atom stereocenters. The van der Waals surface area contributed by atoms with E-state index < -0.39 is 0 Å². The molecule has 0 heterocycles. The van der Waals surface area contributed by atoms with E-state index in [0.717, 1.165) is 5.69 Å². The zero-order valence-electron chi connectivity index (χ0n) is 7.96. The molecule has 15 heavy (non-hydrogen) atoms. The summed E-state index contributed by atoms with van der Waals surface area (Å²) in [6.07, 6.45) is 5.35. The van der Waals surface area contributed by atoms with Gasteiger partial charge in [0, 0.05) is 11.9 Å². The van der Waals surface area contributed by atoms with Gasteiger partial charge in [-0.25, -0.2) is 0 Å². The number of carbonyl (C=O) groups excluding carboxylic acids is 2. The number of carbonyl (C=O) groups is 2. The molecule has 1 rings (SSSR count). The maximum Gasteiger partial charge on any atom is 0.161 e. The van der Waals surface area contributed by atoms with Crippen molar-refractivity contribution in [2.75, 3.05) is 5.32 Å². The van der Waals surface area contributed by atoms with Gasteiger partial charge in [0.25, 0.3) is 0 Å². The van der Waals surface area contributed by atoms with E-state index in [0.29, 0.717) is 18.3 Å². The third-order valence-electron chi connectivity index (χ3n) is 1.56. The number of nitrogens with zero attached hydrogens (tertiary/aromatic N) is 1. The first kappa shape index (κ1) is 10.8. The second-order valence-corrected chi connectivity index (χ2v) is 2.60. The number of aldehydes is 2. The zero-order valence-corrected chi connectivity index (χ0v) is 7.96. The molecule has 1 N–H and O–H groups in total. The number of benzene rings is 1. The lowest BCUT2D eigenvalue weighted by molar-refractivity contribution is -0.104. The van der Waals surface area contributed by atoms with E-state index >= 15 is 0 Å². The minimum Gasteiger partial charge on any atom is -0.362 e. The van der Waals surface area contributed by atoms with Crippen molar-refractivity contribution in [2.45, 2.75) is 0 Å². The number of nitrogens with one attached hydrogen (secondary N) is 1. The number of hydrogen-bond donors (Lipinski definition) is 1. The van der Waals surface area contributed by atoms with Crippen molar-refractivity contribution in [1.29, 1.82) is 0 Å². The van der Waals surface area contributed by atoms with Gasteiger partial charge in [0.2, 0.25) is 0 Å². The molecule has 0 aliphatic carbocycles. The number of aliphatic imine (C=N–C) groups is 1. The summed E-state index contributed by atoms with van der Waals surface area (Å²) in [7, 11) is 0. The van der Waals surface area contributed by atoms with Crippen molar-refractivity contribution in [2.24, 2.45) is 4.99 Å². The summed E-state index contributed by atoms with van der Waals surface area (Å²) < 4.78 is 0. The molecule has 76 valence electrons. The predicted octanol–water partition coefficient (Wildman–Crippen LogP) is 1.71. The van der Waals surface area contributed by atoms with Crippen LogP contribution in [0.15, 0.2) is 41.5 Å². The Morgan fingerprint density at radius 2 is 2.07 bits per heavy atom. The van der Waals surface area contributed by atoms with Crippen LogP contribution in [-0.4, -0.2) is 18.8 Å². The summed E-state index contributed by atoms with van der Waals surface area (Å²) in [5.74, 6) is 0. The Morgan fingerprint density at radius 1 is 1.20 bits per heavy atom. The standard InChI is InChI=1S/C11H10N2O2/c14-7-2-5-12-10-3-1-4-11(9-10)13-6-8-15/h1-9,12H. The van der Waals surface area contributed by atoms with Crippen molar-refractivity contribution >= 4 is 30.2 Å². The Labute approximate surface area is 87.3 Å². The van der Waals surface area contributed by atoms with Crippen molar-refractivity contribution < 1.29 is 9.59 Å². The average Bonchev–Trinajstić information content (AvgIpc) is 2.27. The SMILES string of the molecule is O=CC=CNc1cccc(N=CC=O)c1. The molecule has 0 spiro atoms. The Bertz CT molecular complexity index is 397. The van der Waals surface area contributed by atoms with Crippen molar-refractivity contribution in [3.8, 4) is 0 Å². The summed E-state index contributed by atoms with van der Waals surface area (Å²) in [4.78, 5) is 24.0. The highest BCUT2D eigenvalue weighted by molar-refractivity contribution is 6.13. The van der Waals surface area contributed by atoms with Crippen LogP contribution in [0.3, 0.4) is 0 Å². The van der Waals surface area contributed by atoms with Crippen molar-refractivity contribution in [3.63, 3.8) is 0 Å². The minimum absolute atomic E-state index is 0.617. The number of anilines is 1. The van der Waals surface area contributed by atoms with Crippen LogP contribution >= 0.6 is 0 Å². The van der Waals surface area contributed by atoms with Gasteiger partial charge in [0.15, 0.2) is 6.29 Å². The molecule has 1 aromatic rings. The van der Waals surface area contributed by atoms with Gasteiger partial charge >= 0.3 is 0 Å². The van der Waals surface area contributed by atoms with Crippen LogP contribution in [0.25, 0.3) is 0 Å². The summed E-state index contributed by atoms with van der Waals surface area (Å²) in [6, 6.07) is 7.16. The van der Waals surface area contributed by atoms with Gasteiger partial charge in [0.05, 0.1) is 11.9 Å². The van der Waals surface area contributed by atoms with Crippen LogP contribution in [-0.2, 0) is 9.59 Å². The maximum atomic E-state index is 10.1. The van der Waals surface area contributed by atoms with Gasteiger partial charge < -0.3 is 5.32 Å². The molecule has 0 aliphatic heterocycles. The highest BCUT2D eigenvalue weighted by Crippen LogP contribution is 2.17. The van der Waals surface area contributed by atoms with Crippen molar-refractivity contribution in [1.82, 2.24) is 0 Å². The van der Waals surface area contributed by atoms with Gasteiger partial charge in [-0.1, -0.05) is 6.07 Å². The Balaban J connectivity index is 2.73. The second-order valence-electron chi connectivity index (χ2n) is 2.60. The summed E-state index contributed by atoms with van der Waals surface area (Å²) in [5.41, 5.74) is 1.47. The van der Waals surface area contributed by atoms with E-state index in [1.807, 2.05) is 6.07 Å². The Kier molecular flexibility index (Phi) is 4.53. The molecular weight excluding hydrogens is 192 g/mol.